The first-order chi connectivity index (χ1) is 16.8. The van der Waals surface area contributed by atoms with Crippen molar-refractivity contribution < 1.29 is 18.4 Å². The largest absolute Gasteiger partial charge is 0.340 e. The number of rotatable bonds is 6. The molecule has 5 rings (SSSR count). The van der Waals surface area contributed by atoms with E-state index in [9.17, 15) is 18.4 Å². The molecule has 2 fully saturated rings. The minimum absolute atomic E-state index is 0.0699. The number of benzene rings is 2. The van der Waals surface area contributed by atoms with Crippen molar-refractivity contribution in [2.75, 3.05) is 38.0 Å². The van der Waals surface area contributed by atoms with Gasteiger partial charge in [-0.1, -0.05) is 18.2 Å². The molecule has 7 nitrogen and oxygen atoms in total. The highest BCUT2D eigenvalue weighted by atomic mass is 19.1. The summed E-state index contributed by atoms with van der Waals surface area (Å²) in [7, 11) is 0. The van der Waals surface area contributed by atoms with Crippen LogP contribution in [0.15, 0.2) is 36.4 Å². The minimum atomic E-state index is -0.533. The monoisotopic (exact) mass is 479 g/mol. The lowest BCUT2D eigenvalue weighted by Gasteiger charge is -2.35. The van der Waals surface area contributed by atoms with E-state index in [1.165, 1.54) is 18.2 Å². The van der Waals surface area contributed by atoms with Gasteiger partial charge in [0.25, 0.3) is 0 Å². The number of carbonyl (C=O) groups is 2. The molecule has 1 aliphatic carbocycles. The van der Waals surface area contributed by atoms with E-state index in [4.69, 9.17) is 0 Å². The van der Waals surface area contributed by atoms with E-state index in [1.54, 1.807) is 37.3 Å². The maximum absolute atomic E-state index is 14.8. The van der Waals surface area contributed by atoms with E-state index < -0.39 is 11.2 Å². The summed E-state index contributed by atoms with van der Waals surface area (Å²) in [4.78, 5) is 28.7. The van der Waals surface area contributed by atoms with Crippen LogP contribution in [-0.2, 0) is 9.59 Å². The van der Waals surface area contributed by atoms with Crippen LogP contribution in [0.25, 0.3) is 23.1 Å². The summed E-state index contributed by atoms with van der Waals surface area (Å²) >= 11 is 0. The Morgan fingerprint density at radius 2 is 1.80 bits per heavy atom. The van der Waals surface area contributed by atoms with Crippen molar-refractivity contribution in [1.29, 1.82) is 0 Å². The molecule has 2 N–H and O–H groups in total. The first-order valence-electron chi connectivity index (χ1n) is 11.7. The fourth-order valence-corrected chi connectivity index (χ4v) is 4.54. The fraction of sp³-hybridized carbons (Fsp3) is 0.346. The molecular formula is C26H27F2N5O2. The van der Waals surface area contributed by atoms with Gasteiger partial charge >= 0.3 is 0 Å². The van der Waals surface area contributed by atoms with E-state index in [1.807, 2.05) is 4.90 Å². The molecule has 2 amide bonds. The van der Waals surface area contributed by atoms with Crippen LogP contribution < -0.4 is 5.32 Å². The Morgan fingerprint density at radius 3 is 2.46 bits per heavy atom. The van der Waals surface area contributed by atoms with Crippen molar-refractivity contribution in [2.24, 2.45) is 5.41 Å². The van der Waals surface area contributed by atoms with E-state index in [-0.39, 0.29) is 23.3 Å². The quantitative estimate of drug-likeness (QED) is 0.562. The standard InChI is InChI=1S/C26H27F2N5O2/c1-17(34)33-12-10-32(11-13-33)16-26(8-9-26)25(35)29-24-14-20-22(30-31-23(20)15-21(24)28)7-4-18-2-5-19(27)6-3-18/h2-7,14-15H,8-13,16H2,1H3,(H,29,35)(H,30,31)/b7-4+. The lowest BCUT2D eigenvalue weighted by atomic mass is 10.0. The number of halogens is 2. The SMILES string of the molecule is CC(=O)N1CCN(CC2(C(=O)Nc3cc4c(/C=C/c5ccc(F)cc5)n[nH]c4cc3F)CC2)CC1. The summed E-state index contributed by atoms with van der Waals surface area (Å²) in [6, 6.07) is 8.98. The van der Waals surface area contributed by atoms with Gasteiger partial charge in [0.2, 0.25) is 11.8 Å². The number of hydrogen-bond donors (Lipinski definition) is 2. The number of carbonyl (C=O) groups excluding carboxylic acids is 2. The molecule has 9 heteroatoms. The smallest absolute Gasteiger partial charge is 0.231 e. The summed E-state index contributed by atoms with van der Waals surface area (Å²) in [5, 5.41) is 10.5. The summed E-state index contributed by atoms with van der Waals surface area (Å²) in [6.07, 6.45) is 5.07. The van der Waals surface area contributed by atoms with Gasteiger partial charge in [0, 0.05) is 51.1 Å². The Kier molecular flexibility index (Phi) is 6.10. The number of aromatic nitrogens is 2. The number of H-pyrrole nitrogens is 1. The van der Waals surface area contributed by atoms with Crippen LogP contribution in [0.5, 0.6) is 0 Å². The molecule has 182 valence electrons. The molecule has 35 heavy (non-hydrogen) atoms. The molecular weight excluding hydrogens is 452 g/mol. The number of amides is 2. The predicted octanol–water partition coefficient (Wildman–Crippen LogP) is 3.89. The van der Waals surface area contributed by atoms with Crippen LogP contribution in [0.3, 0.4) is 0 Å². The van der Waals surface area contributed by atoms with Gasteiger partial charge in [-0.05, 0) is 42.7 Å². The normalized spacial score (nSPS) is 17.7. The van der Waals surface area contributed by atoms with Crippen LogP contribution in [0.4, 0.5) is 14.5 Å². The maximum Gasteiger partial charge on any atom is 0.231 e. The Morgan fingerprint density at radius 1 is 1.09 bits per heavy atom. The van der Waals surface area contributed by atoms with Gasteiger partial charge in [-0.25, -0.2) is 8.78 Å². The number of nitrogens with one attached hydrogen (secondary N) is 2. The zero-order valence-corrected chi connectivity index (χ0v) is 19.5. The van der Waals surface area contributed by atoms with Crippen LogP contribution in [-0.4, -0.2) is 64.5 Å². The number of hydrogen-bond acceptors (Lipinski definition) is 4. The number of piperazine rings is 1. The van der Waals surface area contributed by atoms with Crippen LogP contribution >= 0.6 is 0 Å². The zero-order chi connectivity index (χ0) is 24.6. The highest BCUT2D eigenvalue weighted by Gasteiger charge is 2.51. The van der Waals surface area contributed by atoms with Crippen molar-refractivity contribution in [3.8, 4) is 0 Å². The number of anilines is 1. The molecule has 1 saturated heterocycles. The Labute approximate surface area is 201 Å². The second-order valence-corrected chi connectivity index (χ2v) is 9.39. The molecule has 1 saturated carbocycles. The molecule has 1 aromatic heterocycles. The topological polar surface area (TPSA) is 81.3 Å². The third-order valence-electron chi connectivity index (χ3n) is 6.91. The van der Waals surface area contributed by atoms with Crippen molar-refractivity contribution in [2.45, 2.75) is 19.8 Å². The molecule has 2 aliphatic rings. The van der Waals surface area contributed by atoms with Gasteiger partial charge < -0.3 is 10.2 Å². The van der Waals surface area contributed by atoms with E-state index in [2.05, 4.69) is 20.4 Å². The van der Waals surface area contributed by atoms with Crippen molar-refractivity contribution in [3.63, 3.8) is 0 Å². The lowest BCUT2D eigenvalue weighted by Crippen LogP contribution is -2.50. The second kappa shape index (κ2) is 9.22. The van der Waals surface area contributed by atoms with Crippen molar-refractivity contribution >= 4 is 40.6 Å². The molecule has 2 aromatic carbocycles. The van der Waals surface area contributed by atoms with Crippen molar-refractivity contribution in [1.82, 2.24) is 20.0 Å². The third kappa shape index (κ3) is 4.95. The lowest BCUT2D eigenvalue weighted by molar-refractivity contribution is -0.131. The first-order valence-corrected chi connectivity index (χ1v) is 11.7. The molecule has 1 aliphatic heterocycles. The molecule has 0 spiro atoms. The predicted molar refractivity (Wildman–Crippen MR) is 130 cm³/mol. The first kappa shape index (κ1) is 23.2. The van der Waals surface area contributed by atoms with Gasteiger partial charge in [-0.2, -0.15) is 5.10 Å². The molecule has 0 unspecified atom stereocenters. The summed E-state index contributed by atoms with van der Waals surface area (Å²) < 4.78 is 27.9. The molecule has 0 atom stereocenters. The Hall–Kier alpha value is -3.59. The second-order valence-electron chi connectivity index (χ2n) is 9.39. The fourth-order valence-electron chi connectivity index (χ4n) is 4.54. The molecule has 2 heterocycles. The Bertz CT molecular complexity index is 1290. The molecule has 0 radical (unpaired) electrons. The molecule has 0 bridgehead atoms. The third-order valence-corrected chi connectivity index (χ3v) is 6.91. The zero-order valence-electron chi connectivity index (χ0n) is 19.5. The van der Waals surface area contributed by atoms with Crippen LogP contribution in [0.2, 0.25) is 0 Å². The van der Waals surface area contributed by atoms with Gasteiger partial charge in [0.05, 0.1) is 22.3 Å². The highest BCUT2D eigenvalue weighted by molar-refractivity contribution is 6.00. The van der Waals surface area contributed by atoms with Crippen molar-refractivity contribution in [3.05, 3.63) is 59.3 Å². The maximum atomic E-state index is 14.8. The highest BCUT2D eigenvalue weighted by Crippen LogP contribution is 2.47. The number of aromatic amines is 1. The average molecular weight is 480 g/mol. The average Bonchev–Trinajstić information content (AvgIpc) is 3.53. The van der Waals surface area contributed by atoms with E-state index in [0.717, 1.165) is 31.5 Å². The summed E-state index contributed by atoms with van der Waals surface area (Å²) in [6.45, 7) is 4.95. The van der Waals surface area contributed by atoms with Crippen LogP contribution in [0, 0.1) is 17.0 Å². The minimum Gasteiger partial charge on any atom is -0.340 e. The van der Waals surface area contributed by atoms with Crippen LogP contribution in [0.1, 0.15) is 31.0 Å². The summed E-state index contributed by atoms with van der Waals surface area (Å²) in [5.74, 6) is -0.957. The van der Waals surface area contributed by atoms with Gasteiger partial charge in [0.15, 0.2) is 0 Å². The van der Waals surface area contributed by atoms with E-state index >= 15 is 0 Å². The van der Waals surface area contributed by atoms with Gasteiger partial charge in [0.1, 0.15) is 11.6 Å². The van der Waals surface area contributed by atoms with Gasteiger partial charge in [-0.15, -0.1) is 0 Å². The number of nitrogens with zero attached hydrogens (tertiary/aromatic N) is 3. The van der Waals surface area contributed by atoms with E-state index in [0.29, 0.717) is 36.2 Å². The summed E-state index contributed by atoms with van der Waals surface area (Å²) in [5.41, 5.74) is 1.50. The molecule has 3 aromatic rings. The van der Waals surface area contributed by atoms with Gasteiger partial charge in [-0.3, -0.25) is 19.6 Å². The Balaban J connectivity index is 1.29. The number of fused-ring (bicyclic) bond motifs is 1.